The molecule has 0 aromatic heterocycles. The van der Waals surface area contributed by atoms with Crippen LogP contribution in [0, 0.1) is 11.4 Å². The van der Waals surface area contributed by atoms with Gasteiger partial charge in [0.15, 0.2) is 0 Å². The van der Waals surface area contributed by atoms with E-state index < -0.39 is 0 Å². The van der Waals surface area contributed by atoms with Gasteiger partial charge in [0.2, 0.25) is 0 Å². The summed E-state index contributed by atoms with van der Waals surface area (Å²) in [6.07, 6.45) is 0. The molecule has 1 rings (SSSR count). The number of hydrogen-bond acceptors (Lipinski definition) is 2. The lowest BCUT2D eigenvalue weighted by molar-refractivity contribution is 0.875. The Bertz CT molecular complexity index is 229. The van der Waals surface area contributed by atoms with E-state index in [9.17, 15) is 0 Å². The Kier molecular flexibility index (Phi) is 2.09. The SMILES string of the molecule is CCN(CC)c1c(C)c1=S. The van der Waals surface area contributed by atoms with Crippen molar-refractivity contribution in [3.8, 4) is 0 Å². The summed E-state index contributed by atoms with van der Waals surface area (Å²) in [5.41, 5.74) is 2.64. The zero-order chi connectivity index (χ0) is 7.72. The van der Waals surface area contributed by atoms with Gasteiger partial charge in [-0.05, 0) is 26.3 Å². The van der Waals surface area contributed by atoms with Gasteiger partial charge in [-0.3, -0.25) is 0 Å². The van der Waals surface area contributed by atoms with Gasteiger partial charge in [-0.25, -0.2) is 0 Å². The second-order valence-corrected chi connectivity index (χ2v) is 2.88. The number of rotatable bonds is 3. The van der Waals surface area contributed by atoms with Gasteiger partial charge < -0.3 is 4.90 Å². The predicted octanol–water partition coefficient (Wildman–Crippen LogP) is 2.45. The van der Waals surface area contributed by atoms with Crippen molar-refractivity contribution in [1.29, 1.82) is 0 Å². The summed E-state index contributed by atoms with van der Waals surface area (Å²) in [5.74, 6) is 0. The summed E-state index contributed by atoms with van der Waals surface area (Å²) in [6, 6.07) is 0. The fourth-order valence-electron chi connectivity index (χ4n) is 1.17. The quantitative estimate of drug-likeness (QED) is 0.617. The highest BCUT2D eigenvalue weighted by molar-refractivity contribution is 7.72. The van der Waals surface area contributed by atoms with E-state index in [1.165, 1.54) is 11.3 Å². The molecule has 0 spiro atoms. The van der Waals surface area contributed by atoms with Crippen LogP contribution in [0.5, 0.6) is 0 Å². The topological polar surface area (TPSA) is 3.24 Å². The molecule has 2 heteroatoms. The van der Waals surface area contributed by atoms with Crippen molar-refractivity contribution < 1.29 is 0 Å². The zero-order valence-corrected chi connectivity index (χ0v) is 7.59. The fourth-order valence-corrected chi connectivity index (χ4v) is 1.49. The van der Waals surface area contributed by atoms with Crippen molar-refractivity contribution >= 4 is 17.9 Å². The molecule has 0 fully saturated rings. The smallest absolute Gasteiger partial charge is 0.0664 e. The molecule has 1 nitrogen and oxygen atoms in total. The van der Waals surface area contributed by atoms with E-state index >= 15 is 0 Å². The summed E-state index contributed by atoms with van der Waals surface area (Å²) < 4.78 is 1.09. The average Bonchev–Trinajstić information content (AvgIpc) is 2.49. The second kappa shape index (κ2) is 2.70. The van der Waals surface area contributed by atoms with Gasteiger partial charge in [0, 0.05) is 13.1 Å². The Morgan fingerprint density at radius 3 is 1.80 bits per heavy atom. The van der Waals surface area contributed by atoms with Crippen molar-refractivity contribution in [3.63, 3.8) is 0 Å². The molecule has 0 amide bonds. The third-order valence-electron chi connectivity index (χ3n) is 1.93. The van der Waals surface area contributed by atoms with Crippen LogP contribution in [0.2, 0.25) is 0 Å². The zero-order valence-electron chi connectivity index (χ0n) is 6.77. The molecule has 1 aromatic carbocycles. The highest BCUT2D eigenvalue weighted by Crippen LogP contribution is 2.33. The van der Waals surface area contributed by atoms with Gasteiger partial charge in [-0.1, -0.05) is 12.2 Å². The lowest BCUT2D eigenvalue weighted by Crippen LogP contribution is -2.19. The van der Waals surface area contributed by atoms with E-state index in [4.69, 9.17) is 12.2 Å². The van der Waals surface area contributed by atoms with Crippen molar-refractivity contribution in [2.75, 3.05) is 18.0 Å². The molecule has 0 radical (unpaired) electrons. The number of hydrogen-bond donors (Lipinski definition) is 0. The van der Waals surface area contributed by atoms with Crippen LogP contribution in [0.15, 0.2) is 0 Å². The average molecular weight is 155 g/mol. The van der Waals surface area contributed by atoms with Crippen LogP contribution in [-0.4, -0.2) is 13.1 Å². The summed E-state index contributed by atoms with van der Waals surface area (Å²) in [7, 11) is 0. The first-order chi connectivity index (χ1) is 4.72. The fraction of sp³-hybridized carbons (Fsp3) is 0.625. The number of nitrogens with zero attached hydrogens (tertiary/aromatic N) is 1. The highest BCUT2D eigenvalue weighted by Gasteiger charge is 2.17. The Balaban J connectivity index is 2.67. The maximum atomic E-state index is 5.09. The highest BCUT2D eigenvalue weighted by atomic mass is 32.1. The maximum absolute atomic E-state index is 5.09. The van der Waals surface area contributed by atoms with E-state index in [1.807, 2.05) is 0 Å². The molecule has 0 atom stereocenters. The summed E-state index contributed by atoms with van der Waals surface area (Å²) >= 11 is 5.09. The van der Waals surface area contributed by atoms with Crippen molar-refractivity contribution in [3.05, 3.63) is 10.1 Å². The number of anilines is 1. The van der Waals surface area contributed by atoms with Crippen molar-refractivity contribution in [2.24, 2.45) is 0 Å². The normalized spacial score (nSPS) is 10.7. The van der Waals surface area contributed by atoms with Crippen LogP contribution < -0.4 is 4.90 Å². The van der Waals surface area contributed by atoms with Gasteiger partial charge >= 0.3 is 0 Å². The molecular formula is C8H13NS. The lowest BCUT2D eigenvalue weighted by Gasteiger charge is -2.15. The molecule has 56 valence electrons. The Morgan fingerprint density at radius 1 is 1.30 bits per heavy atom. The predicted molar refractivity (Wildman–Crippen MR) is 47.9 cm³/mol. The molecule has 0 aliphatic heterocycles. The second-order valence-electron chi connectivity index (χ2n) is 2.48. The van der Waals surface area contributed by atoms with Crippen molar-refractivity contribution in [2.45, 2.75) is 20.8 Å². The van der Waals surface area contributed by atoms with Gasteiger partial charge in [0.05, 0.1) is 10.2 Å². The Labute approximate surface area is 67.3 Å². The summed E-state index contributed by atoms with van der Waals surface area (Å²) in [5, 5.41) is 0. The molecule has 0 bridgehead atoms. The summed E-state index contributed by atoms with van der Waals surface area (Å²) in [4.78, 5) is 2.30. The van der Waals surface area contributed by atoms with Crippen LogP contribution in [0.25, 0.3) is 0 Å². The van der Waals surface area contributed by atoms with Crippen LogP contribution in [-0.2, 0) is 0 Å². The Hall–Kier alpha value is -0.370. The molecule has 0 saturated heterocycles. The third kappa shape index (κ3) is 1.08. The molecule has 0 N–H and O–H groups in total. The minimum atomic E-state index is 1.07. The molecule has 0 aliphatic rings. The van der Waals surface area contributed by atoms with E-state index in [0.29, 0.717) is 0 Å². The standard InChI is InChI=1S/C8H13NS/c1-4-9(5-2)7-6(3)8(7)10/h4-5H2,1-3H3. The monoisotopic (exact) mass is 155 g/mol. The minimum Gasteiger partial charge on any atom is -0.371 e. The van der Waals surface area contributed by atoms with Gasteiger partial charge in [-0.2, -0.15) is 0 Å². The molecule has 10 heavy (non-hydrogen) atoms. The first-order valence-electron chi connectivity index (χ1n) is 3.72. The van der Waals surface area contributed by atoms with Crippen LogP contribution >= 0.6 is 12.2 Å². The largest absolute Gasteiger partial charge is 0.371 e. The Morgan fingerprint density at radius 2 is 1.70 bits per heavy atom. The van der Waals surface area contributed by atoms with Gasteiger partial charge in [-0.15, -0.1) is 0 Å². The van der Waals surface area contributed by atoms with Gasteiger partial charge in [0.1, 0.15) is 0 Å². The molecule has 1 aromatic rings. The van der Waals surface area contributed by atoms with E-state index in [1.54, 1.807) is 0 Å². The van der Waals surface area contributed by atoms with E-state index in [-0.39, 0.29) is 0 Å². The first kappa shape index (κ1) is 7.73. The first-order valence-corrected chi connectivity index (χ1v) is 4.13. The van der Waals surface area contributed by atoms with Crippen LogP contribution in [0.1, 0.15) is 19.4 Å². The van der Waals surface area contributed by atoms with Crippen molar-refractivity contribution in [1.82, 2.24) is 0 Å². The molecule has 0 unspecified atom stereocenters. The van der Waals surface area contributed by atoms with Crippen LogP contribution in [0.4, 0.5) is 5.69 Å². The third-order valence-corrected chi connectivity index (χ3v) is 2.43. The van der Waals surface area contributed by atoms with E-state index in [2.05, 4.69) is 25.7 Å². The summed E-state index contributed by atoms with van der Waals surface area (Å²) in [6.45, 7) is 8.55. The van der Waals surface area contributed by atoms with E-state index in [0.717, 1.165) is 17.6 Å². The minimum absolute atomic E-state index is 1.07. The molecule has 0 heterocycles. The van der Waals surface area contributed by atoms with Gasteiger partial charge in [0.25, 0.3) is 0 Å². The molecule has 0 saturated carbocycles. The molecule has 0 aliphatic carbocycles. The lowest BCUT2D eigenvalue weighted by atomic mass is 10.5. The maximum Gasteiger partial charge on any atom is 0.0664 e. The molecular weight excluding hydrogens is 142 g/mol. The van der Waals surface area contributed by atoms with Crippen LogP contribution in [0.3, 0.4) is 0 Å².